The molecule has 1 amide bonds. The van der Waals surface area contributed by atoms with Gasteiger partial charge in [0.05, 0.1) is 0 Å². The molecule has 1 atom stereocenters. The third-order valence-corrected chi connectivity index (χ3v) is 5.82. The van der Waals surface area contributed by atoms with Crippen LogP contribution in [0.15, 0.2) is 54.6 Å². The van der Waals surface area contributed by atoms with Crippen LogP contribution in [0.2, 0.25) is 0 Å². The van der Waals surface area contributed by atoms with Crippen molar-refractivity contribution in [1.82, 2.24) is 10.4 Å². The Labute approximate surface area is 166 Å². The third kappa shape index (κ3) is 4.26. The number of hydroxylamine groups is 1. The predicted octanol–water partition coefficient (Wildman–Crippen LogP) is 3.23. The fourth-order valence-electron chi connectivity index (χ4n) is 4.34. The van der Waals surface area contributed by atoms with E-state index >= 15 is 0 Å². The minimum absolute atomic E-state index is 0.521. The van der Waals surface area contributed by atoms with Crippen molar-refractivity contribution < 1.29 is 10.0 Å². The van der Waals surface area contributed by atoms with E-state index in [0.29, 0.717) is 6.04 Å². The van der Waals surface area contributed by atoms with Crippen molar-refractivity contribution in [3.8, 4) is 0 Å². The van der Waals surface area contributed by atoms with Crippen molar-refractivity contribution >= 4 is 17.7 Å². The summed E-state index contributed by atoms with van der Waals surface area (Å²) in [5.74, 6) is -0.521. The number of rotatable bonds is 6. The zero-order valence-electron chi connectivity index (χ0n) is 16.1. The van der Waals surface area contributed by atoms with Gasteiger partial charge in [-0.25, -0.2) is 5.48 Å². The van der Waals surface area contributed by atoms with E-state index in [0.717, 1.165) is 38.2 Å². The Kier molecular flexibility index (Phi) is 5.74. The van der Waals surface area contributed by atoms with Crippen molar-refractivity contribution in [2.45, 2.75) is 31.8 Å². The Morgan fingerprint density at radius 3 is 2.79 bits per heavy atom. The first kappa shape index (κ1) is 18.7. The maximum absolute atomic E-state index is 11.1. The number of carbonyl (C=O) groups is 1. The van der Waals surface area contributed by atoms with Crippen molar-refractivity contribution in [3.63, 3.8) is 0 Å². The van der Waals surface area contributed by atoms with Gasteiger partial charge in [-0.3, -0.25) is 14.9 Å². The first-order valence-corrected chi connectivity index (χ1v) is 10.0. The van der Waals surface area contributed by atoms with Gasteiger partial charge in [0.15, 0.2) is 0 Å². The summed E-state index contributed by atoms with van der Waals surface area (Å²) in [4.78, 5) is 16.2. The molecule has 2 aromatic rings. The molecule has 28 heavy (non-hydrogen) atoms. The van der Waals surface area contributed by atoms with E-state index in [1.165, 1.54) is 35.7 Å². The number of likely N-dealkylation sites (tertiary alicyclic amines) is 1. The lowest BCUT2D eigenvalue weighted by Crippen LogP contribution is -2.39. The first-order valence-electron chi connectivity index (χ1n) is 10.0. The highest BCUT2D eigenvalue weighted by atomic mass is 16.5. The molecule has 2 aliphatic heterocycles. The van der Waals surface area contributed by atoms with Crippen molar-refractivity contribution in [2.24, 2.45) is 0 Å². The van der Waals surface area contributed by atoms with Gasteiger partial charge in [-0.05, 0) is 54.6 Å². The smallest absolute Gasteiger partial charge is 0.267 e. The normalized spacial score (nSPS) is 19.3. The molecule has 2 N–H and O–H groups in total. The maximum Gasteiger partial charge on any atom is 0.267 e. The molecule has 0 aliphatic carbocycles. The van der Waals surface area contributed by atoms with E-state index in [1.807, 2.05) is 12.1 Å². The summed E-state index contributed by atoms with van der Waals surface area (Å²) >= 11 is 0. The standard InChI is InChI=1S/C23H27N3O2/c27-23(24-28)12-11-18-7-9-19(10-8-18)16-25-14-3-5-21(25)17-26-15-13-20-4-1-2-6-22(20)26/h1-2,4,6-12,21,28H,3,5,13-17H2,(H,24,27)/t21-/m0/s1. The molecule has 2 aromatic carbocycles. The predicted molar refractivity (Wildman–Crippen MR) is 111 cm³/mol. The van der Waals surface area contributed by atoms with E-state index in [4.69, 9.17) is 5.21 Å². The molecule has 0 unspecified atom stereocenters. The highest BCUT2D eigenvalue weighted by Gasteiger charge is 2.28. The highest BCUT2D eigenvalue weighted by molar-refractivity contribution is 5.90. The second-order valence-corrected chi connectivity index (χ2v) is 7.64. The number of anilines is 1. The van der Waals surface area contributed by atoms with E-state index in [-0.39, 0.29) is 0 Å². The van der Waals surface area contributed by atoms with Gasteiger partial charge in [0.2, 0.25) is 0 Å². The van der Waals surface area contributed by atoms with Crippen molar-refractivity contribution in [2.75, 3.05) is 24.5 Å². The van der Waals surface area contributed by atoms with Gasteiger partial charge in [-0.1, -0.05) is 42.5 Å². The summed E-state index contributed by atoms with van der Waals surface area (Å²) in [5, 5.41) is 8.54. The van der Waals surface area contributed by atoms with Crippen molar-refractivity contribution in [3.05, 3.63) is 71.3 Å². The molecule has 5 heteroatoms. The van der Waals surface area contributed by atoms with Crippen LogP contribution in [0.3, 0.4) is 0 Å². The molecule has 4 rings (SSSR count). The van der Waals surface area contributed by atoms with Crippen LogP contribution in [0.4, 0.5) is 5.69 Å². The summed E-state index contributed by atoms with van der Waals surface area (Å²) in [7, 11) is 0. The lowest BCUT2D eigenvalue weighted by Gasteiger charge is -2.30. The Morgan fingerprint density at radius 1 is 1.14 bits per heavy atom. The van der Waals surface area contributed by atoms with Gasteiger partial charge in [0.25, 0.3) is 5.91 Å². The summed E-state index contributed by atoms with van der Waals surface area (Å²) in [5.41, 5.74) is 6.72. The van der Waals surface area contributed by atoms with Crippen LogP contribution in [0.5, 0.6) is 0 Å². The first-order chi connectivity index (χ1) is 13.7. The molecule has 5 nitrogen and oxygen atoms in total. The van der Waals surface area contributed by atoms with Crippen LogP contribution >= 0.6 is 0 Å². The average molecular weight is 377 g/mol. The van der Waals surface area contributed by atoms with E-state index in [9.17, 15) is 4.79 Å². The van der Waals surface area contributed by atoms with Gasteiger partial charge < -0.3 is 4.90 Å². The van der Waals surface area contributed by atoms with Gasteiger partial charge in [-0.2, -0.15) is 0 Å². The van der Waals surface area contributed by atoms with Gasteiger partial charge in [-0.15, -0.1) is 0 Å². The van der Waals surface area contributed by atoms with Crippen LogP contribution in [-0.2, 0) is 17.8 Å². The molecule has 0 saturated carbocycles. The SMILES string of the molecule is O=C(C=Cc1ccc(CN2CCC[C@H]2CN2CCc3ccccc32)cc1)NO. The van der Waals surface area contributed by atoms with Crippen LogP contribution < -0.4 is 10.4 Å². The summed E-state index contributed by atoms with van der Waals surface area (Å²) < 4.78 is 0. The van der Waals surface area contributed by atoms with Gasteiger partial charge in [0.1, 0.15) is 0 Å². The number of benzene rings is 2. The van der Waals surface area contributed by atoms with Crippen LogP contribution in [0, 0.1) is 0 Å². The number of nitrogens with one attached hydrogen (secondary N) is 1. The second kappa shape index (κ2) is 8.59. The van der Waals surface area contributed by atoms with Crippen molar-refractivity contribution in [1.29, 1.82) is 0 Å². The summed E-state index contributed by atoms with van der Waals surface area (Å²) in [6.45, 7) is 4.35. The number of fused-ring (bicyclic) bond motifs is 1. The second-order valence-electron chi connectivity index (χ2n) is 7.64. The lowest BCUT2D eigenvalue weighted by molar-refractivity contribution is -0.124. The van der Waals surface area contributed by atoms with Gasteiger partial charge in [0, 0.05) is 37.4 Å². The molecule has 2 heterocycles. The Morgan fingerprint density at radius 2 is 1.96 bits per heavy atom. The monoisotopic (exact) mass is 377 g/mol. The number of carbonyl (C=O) groups excluding carboxylic acids is 1. The molecule has 0 radical (unpaired) electrons. The summed E-state index contributed by atoms with van der Waals surface area (Å²) in [6, 6.07) is 17.7. The topological polar surface area (TPSA) is 55.8 Å². The fraction of sp³-hybridized carbons (Fsp3) is 0.348. The number of hydrogen-bond acceptors (Lipinski definition) is 4. The molecule has 0 bridgehead atoms. The lowest BCUT2D eigenvalue weighted by atomic mass is 10.1. The molecular formula is C23H27N3O2. The number of amides is 1. The number of hydrogen-bond donors (Lipinski definition) is 2. The molecule has 0 spiro atoms. The third-order valence-electron chi connectivity index (χ3n) is 5.82. The minimum atomic E-state index is -0.521. The maximum atomic E-state index is 11.1. The van der Waals surface area contributed by atoms with Crippen LogP contribution in [0.25, 0.3) is 6.08 Å². The largest absolute Gasteiger partial charge is 0.369 e. The average Bonchev–Trinajstić information content (AvgIpc) is 3.35. The molecule has 1 fully saturated rings. The van der Waals surface area contributed by atoms with Crippen LogP contribution in [-0.4, -0.2) is 41.7 Å². The van der Waals surface area contributed by atoms with E-state index < -0.39 is 5.91 Å². The zero-order valence-corrected chi connectivity index (χ0v) is 16.1. The molecular weight excluding hydrogens is 350 g/mol. The molecule has 146 valence electrons. The Hall–Kier alpha value is -2.63. The Bertz CT molecular complexity index is 847. The van der Waals surface area contributed by atoms with Gasteiger partial charge >= 0.3 is 0 Å². The van der Waals surface area contributed by atoms with E-state index in [2.05, 4.69) is 46.2 Å². The quantitative estimate of drug-likeness (QED) is 0.461. The summed E-state index contributed by atoms with van der Waals surface area (Å²) in [6.07, 6.45) is 6.69. The molecule has 0 aromatic heterocycles. The Balaban J connectivity index is 1.37. The van der Waals surface area contributed by atoms with E-state index in [1.54, 1.807) is 11.6 Å². The zero-order chi connectivity index (χ0) is 19.3. The highest BCUT2D eigenvalue weighted by Crippen LogP contribution is 2.30. The minimum Gasteiger partial charge on any atom is -0.369 e. The number of para-hydroxylation sites is 1. The number of nitrogens with zero attached hydrogens (tertiary/aromatic N) is 2. The molecule has 1 saturated heterocycles. The molecule has 2 aliphatic rings. The van der Waals surface area contributed by atoms with Crippen LogP contribution in [0.1, 0.15) is 29.5 Å². The fourth-order valence-corrected chi connectivity index (χ4v) is 4.34.